The summed E-state index contributed by atoms with van der Waals surface area (Å²) in [5, 5.41) is 11.6. The van der Waals surface area contributed by atoms with Gasteiger partial charge in [0.05, 0.1) is 6.10 Å². The zero-order valence-electron chi connectivity index (χ0n) is 7.44. The first-order valence-electron chi connectivity index (χ1n) is 4.29. The van der Waals surface area contributed by atoms with Crippen LogP contribution in [0.2, 0.25) is 0 Å². The molecule has 0 aliphatic carbocycles. The Labute approximate surface area is 76.9 Å². The Morgan fingerprint density at radius 2 is 2.08 bits per heavy atom. The highest BCUT2D eigenvalue weighted by Crippen LogP contribution is 2.18. The van der Waals surface area contributed by atoms with Crippen molar-refractivity contribution in [1.82, 2.24) is 4.98 Å². The highest BCUT2D eigenvalue weighted by atomic mass is 16.3. The Balaban J connectivity index is 2.62. The van der Waals surface area contributed by atoms with E-state index >= 15 is 0 Å². The largest absolute Gasteiger partial charge is 0.389 e. The number of hydrogen-bond acceptors (Lipinski definition) is 2. The van der Waals surface area contributed by atoms with Crippen LogP contribution < -0.4 is 0 Å². The Kier molecular flexibility index (Phi) is 1.99. The smallest absolute Gasteiger partial charge is 0.0762 e. The van der Waals surface area contributed by atoms with Gasteiger partial charge in [0.2, 0.25) is 0 Å². The van der Waals surface area contributed by atoms with E-state index in [9.17, 15) is 5.11 Å². The molecule has 0 amide bonds. The van der Waals surface area contributed by atoms with Crippen molar-refractivity contribution < 1.29 is 5.11 Å². The lowest BCUT2D eigenvalue weighted by atomic mass is 10.1. The van der Waals surface area contributed by atoms with Crippen LogP contribution >= 0.6 is 0 Å². The average molecular weight is 173 g/mol. The van der Waals surface area contributed by atoms with Crippen LogP contribution in [0.3, 0.4) is 0 Å². The quantitative estimate of drug-likeness (QED) is 0.717. The lowest BCUT2D eigenvalue weighted by Gasteiger charge is -2.05. The van der Waals surface area contributed by atoms with E-state index in [0.717, 1.165) is 16.3 Å². The molecule has 2 heteroatoms. The summed E-state index contributed by atoms with van der Waals surface area (Å²) >= 11 is 0. The Morgan fingerprint density at radius 1 is 1.23 bits per heavy atom. The number of pyridine rings is 1. The molecule has 2 nitrogen and oxygen atoms in total. The molecule has 66 valence electrons. The maximum atomic E-state index is 9.37. The third kappa shape index (κ3) is 1.53. The molecule has 1 aromatic heterocycles. The zero-order chi connectivity index (χ0) is 9.26. The van der Waals surface area contributed by atoms with Crippen molar-refractivity contribution in [2.45, 2.75) is 13.0 Å². The Bertz CT molecular complexity index is 423. The molecule has 0 radical (unpaired) electrons. The van der Waals surface area contributed by atoms with Crippen molar-refractivity contribution in [3.8, 4) is 0 Å². The monoisotopic (exact) mass is 173 g/mol. The molecule has 2 aromatic rings. The molecule has 2 rings (SSSR count). The molecule has 0 saturated heterocycles. The van der Waals surface area contributed by atoms with Gasteiger partial charge in [0.15, 0.2) is 0 Å². The topological polar surface area (TPSA) is 33.1 Å². The molecule has 13 heavy (non-hydrogen) atoms. The van der Waals surface area contributed by atoms with Crippen LogP contribution in [0, 0.1) is 0 Å². The fraction of sp³-hybridized carbons (Fsp3) is 0.182. The fourth-order valence-electron chi connectivity index (χ4n) is 1.36. The van der Waals surface area contributed by atoms with Crippen molar-refractivity contribution in [2.24, 2.45) is 0 Å². The number of benzene rings is 1. The molecule has 1 heterocycles. The van der Waals surface area contributed by atoms with E-state index in [4.69, 9.17) is 0 Å². The van der Waals surface area contributed by atoms with Gasteiger partial charge in [-0.1, -0.05) is 12.1 Å². The second-order valence-electron chi connectivity index (χ2n) is 3.16. The number of aliphatic hydroxyl groups is 1. The second kappa shape index (κ2) is 3.15. The summed E-state index contributed by atoms with van der Waals surface area (Å²) in [4.78, 5) is 4.02. The first-order valence-corrected chi connectivity index (χ1v) is 4.29. The van der Waals surface area contributed by atoms with E-state index in [1.165, 1.54) is 0 Å². The summed E-state index contributed by atoms with van der Waals surface area (Å²) in [5.41, 5.74) is 0.943. The van der Waals surface area contributed by atoms with Crippen LogP contribution in [-0.2, 0) is 0 Å². The lowest BCUT2D eigenvalue weighted by Crippen LogP contribution is -1.90. The number of hydrogen-bond donors (Lipinski definition) is 1. The molecule has 0 aliphatic rings. The van der Waals surface area contributed by atoms with Crippen LogP contribution in [-0.4, -0.2) is 10.1 Å². The van der Waals surface area contributed by atoms with Crippen molar-refractivity contribution in [1.29, 1.82) is 0 Å². The van der Waals surface area contributed by atoms with Crippen molar-refractivity contribution in [2.75, 3.05) is 0 Å². The van der Waals surface area contributed by atoms with Gasteiger partial charge in [-0.05, 0) is 30.0 Å². The molecule has 0 aliphatic heterocycles. The van der Waals surface area contributed by atoms with Gasteiger partial charge in [-0.3, -0.25) is 4.98 Å². The van der Waals surface area contributed by atoms with Gasteiger partial charge in [0.1, 0.15) is 0 Å². The standard InChI is InChI=1S/C11H11NO/c1-8(13)9-2-3-11-7-12-5-4-10(11)6-9/h2-8,13H,1H3/t8-/m0/s1. The number of rotatable bonds is 1. The molecule has 0 unspecified atom stereocenters. The Hall–Kier alpha value is -1.41. The second-order valence-corrected chi connectivity index (χ2v) is 3.16. The number of aliphatic hydroxyl groups excluding tert-OH is 1. The van der Waals surface area contributed by atoms with Crippen molar-refractivity contribution >= 4 is 10.8 Å². The minimum atomic E-state index is -0.405. The maximum Gasteiger partial charge on any atom is 0.0762 e. The van der Waals surface area contributed by atoms with Crippen LogP contribution in [0.1, 0.15) is 18.6 Å². The van der Waals surface area contributed by atoms with Gasteiger partial charge in [-0.25, -0.2) is 0 Å². The molecule has 0 bridgehead atoms. The van der Waals surface area contributed by atoms with Crippen LogP contribution in [0.25, 0.3) is 10.8 Å². The van der Waals surface area contributed by atoms with E-state index < -0.39 is 6.10 Å². The molecule has 1 aromatic carbocycles. The molecule has 1 N–H and O–H groups in total. The highest BCUT2D eigenvalue weighted by Gasteiger charge is 2.00. The number of fused-ring (bicyclic) bond motifs is 1. The van der Waals surface area contributed by atoms with Gasteiger partial charge in [-0.15, -0.1) is 0 Å². The van der Waals surface area contributed by atoms with Crippen molar-refractivity contribution in [3.63, 3.8) is 0 Å². The van der Waals surface area contributed by atoms with E-state index in [1.54, 1.807) is 13.1 Å². The molecular formula is C11H11NO. The van der Waals surface area contributed by atoms with Gasteiger partial charge >= 0.3 is 0 Å². The summed E-state index contributed by atoms with van der Waals surface area (Å²) < 4.78 is 0. The lowest BCUT2D eigenvalue weighted by molar-refractivity contribution is 0.199. The SMILES string of the molecule is C[C@H](O)c1ccc2cnccc2c1. The summed E-state index contributed by atoms with van der Waals surface area (Å²) in [5.74, 6) is 0. The molecule has 0 spiro atoms. The highest BCUT2D eigenvalue weighted by molar-refractivity contribution is 5.82. The third-order valence-corrected chi connectivity index (χ3v) is 2.15. The first-order chi connectivity index (χ1) is 6.27. The minimum Gasteiger partial charge on any atom is -0.389 e. The third-order valence-electron chi connectivity index (χ3n) is 2.15. The Morgan fingerprint density at radius 3 is 2.85 bits per heavy atom. The van der Waals surface area contributed by atoms with Crippen LogP contribution in [0.15, 0.2) is 36.7 Å². The van der Waals surface area contributed by atoms with Crippen molar-refractivity contribution in [3.05, 3.63) is 42.2 Å². The van der Waals surface area contributed by atoms with Gasteiger partial charge in [-0.2, -0.15) is 0 Å². The summed E-state index contributed by atoms with van der Waals surface area (Å²) in [7, 11) is 0. The molecule has 0 fully saturated rings. The summed E-state index contributed by atoms with van der Waals surface area (Å²) in [6, 6.07) is 7.84. The predicted molar refractivity (Wildman–Crippen MR) is 52.4 cm³/mol. The average Bonchev–Trinajstić information content (AvgIpc) is 2.17. The molecular weight excluding hydrogens is 162 g/mol. The van der Waals surface area contributed by atoms with Crippen LogP contribution in [0.5, 0.6) is 0 Å². The maximum absolute atomic E-state index is 9.37. The number of nitrogens with zero attached hydrogens (tertiary/aromatic N) is 1. The first kappa shape index (κ1) is 8.20. The van der Waals surface area contributed by atoms with Gasteiger partial charge < -0.3 is 5.11 Å². The number of aromatic nitrogens is 1. The molecule has 1 atom stereocenters. The normalized spacial score (nSPS) is 13.1. The summed E-state index contributed by atoms with van der Waals surface area (Å²) in [6.45, 7) is 1.77. The van der Waals surface area contributed by atoms with E-state index in [2.05, 4.69) is 4.98 Å². The predicted octanol–water partition coefficient (Wildman–Crippen LogP) is 2.29. The van der Waals surface area contributed by atoms with E-state index in [0.29, 0.717) is 0 Å². The summed E-state index contributed by atoms with van der Waals surface area (Å²) in [6.07, 6.45) is 3.17. The van der Waals surface area contributed by atoms with E-state index in [-0.39, 0.29) is 0 Å². The zero-order valence-corrected chi connectivity index (χ0v) is 7.44. The minimum absolute atomic E-state index is 0.405. The van der Waals surface area contributed by atoms with Crippen LogP contribution in [0.4, 0.5) is 0 Å². The molecule has 0 saturated carbocycles. The van der Waals surface area contributed by atoms with Gasteiger partial charge in [0, 0.05) is 17.8 Å². The van der Waals surface area contributed by atoms with E-state index in [1.807, 2.05) is 30.5 Å². The van der Waals surface area contributed by atoms with Gasteiger partial charge in [0.25, 0.3) is 0 Å². The fourth-order valence-corrected chi connectivity index (χ4v) is 1.36.